The summed E-state index contributed by atoms with van der Waals surface area (Å²) in [6, 6.07) is 3.67. The van der Waals surface area contributed by atoms with Crippen molar-refractivity contribution in [2.24, 2.45) is 0 Å². The van der Waals surface area contributed by atoms with Crippen LogP contribution in [0.25, 0.3) is 5.65 Å². The lowest BCUT2D eigenvalue weighted by Crippen LogP contribution is -2.28. The van der Waals surface area contributed by atoms with Crippen LogP contribution in [-0.4, -0.2) is 48.5 Å². The van der Waals surface area contributed by atoms with Crippen LogP contribution in [0.5, 0.6) is 0 Å². The van der Waals surface area contributed by atoms with Crippen molar-refractivity contribution in [2.45, 2.75) is 19.3 Å². The molecule has 7 nitrogen and oxygen atoms in total. The highest BCUT2D eigenvalue weighted by molar-refractivity contribution is 5.99. The molecule has 1 saturated heterocycles. The molecule has 4 heterocycles. The summed E-state index contributed by atoms with van der Waals surface area (Å²) >= 11 is 0. The Kier molecular flexibility index (Phi) is 3.25. The van der Waals surface area contributed by atoms with E-state index in [4.69, 9.17) is 0 Å². The fourth-order valence-electron chi connectivity index (χ4n) is 2.97. The number of nitrogens with zero attached hydrogens (tertiary/aromatic N) is 6. The van der Waals surface area contributed by atoms with Gasteiger partial charge in [0.25, 0.3) is 5.91 Å². The molecule has 3 aromatic rings. The van der Waals surface area contributed by atoms with Gasteiger partial charge in [-0.1, -0.05) is 0 Å². The molecule has 1 amide bonds. The lowest BCUT2D eigenvalue weighted by atomic mass is 10.1. The number of amides is 1. The van der Waals surface area contributed by atoms with Gasteiger partial charge in [-0.3, -0.25) is 4.79 Å². The van der Waals surface area contributed by atoms with E-state index in [0.29, 0.717) is 24.3 Å². The Morgan fingerprint density at radius 2 is 2.22 bits per heavy atom. The molecular weight excluding hydrogens is 292 g/mol. The van der Waals surface area contributed by atoms with Gasteiger partial charge in [-0.2, -0.15) is 5.10 Å². The van der Waals surface area contributed by atoms with E-state index < -0.39 is 0 Å². The van der Waals surface area contributed by atoms with E-state index in [0.717, 1.165) is 17.9 Å². The molecule has 1 aliphatic heterocycles. The van der Waals surface area contributed by atoms with Crippen molar-refractivity contribution in [3.8, 4) is 0 Å². The second kappa shape index (κ2) is 5.42. The largest absolute Gasteiger partial charge is 0.338 e. The highest BCUT2D eigenvalue weighted by atomic mass is 16.2. The van der Waals surface area contributed by atoms with Gasteiger partial charge < -0.3 is 4.90 Å². The summed E-state index contributed by atoms with van der Waals surface area (Å²) in [5.74, 6) is 0.973. The number of carbonyl (C=O) groups is 1. The van der Waals surface area contributed by atoms with E-state index >= 15 is 0 Å². The SMILES string of the molecule is Cc1ccnc([C@@H]2CCN(C(=O)c3cnn4cccnc34)C2)n1. The van der Waals surface area contributed by atoms with Crippen molar-refractivity contribution in [3.05, 3.63) is 54.0 Å². The number of rotatable bonds is 2. The number of aromatic nitrogens is 5. The molecule has 0 N–H and O–H groups in total. The van der Waals surface area contributed by atoms with E-state index in [-0.39, 0.29) is 11.8 Å². The minimum Gasteiger partial charge on any atom is -0.338 e. The zero-order chi connectivity index (χ0) is 15.8. The second-order valence-corrected chi connectivity index (χ2v) is 5.74. The molecule has 4 rings (SSSR count). The van der Waals surface area contributed by atoms with Gasteiger partial charge in [0.1, 0.15) is 11.4 Å². The normalized spacial score (nSPS) is 17.8. The topological polar surface area (TPSA) is 76.3 Å². The maximum absolute atomic E-state index is 12.8. The first-order valence-electron chi connectivity index (χ1n) is 7.59. The van der Waals surface area contributed by atoms with Crippen molar-refractivity contribution < 1.29 is 4.79 Å². The van der Waals surface area contributed by atoms with Gasteiger partial charge in [-0.05, 0) is 25.5 Å². The van der Waals surface area contributed by atoms with Gasteiger partial charge in [-0.25, -0.2) is 19.5 Å². The third-order valence-electron chi connectivity index (χ3n) is 4.16. The Balaban J connectivity index is 1.56. The molecule has 1 atom stereocenters. The third kappa shape index (κ3) is 2.44. The zero-order valence-corrected chi connectivity index (χ0v) is 12.8. The van der Waals surface area contributed by atoms with Crippen LogP contribution in [0.15, 0.2) is 36.9 Å². The van der Waals surface area contributed by atoms with Crippen molar-refractivity contribution in [2.75, 3.05) is 13.1 Å². The van der Waals surface area contributed by atoms with Crippen LogP contribution in [-0.2, 0) is 0 Å². The average molecular weight is 308 g/mol. The van der Waals surface area contributed by atoms with Gasteiger partial charge in [-0.15, -0.1) is 0 Å². The zero-order valence-electron chi connectivity index (χ0n) is 12.8. The van der Waals surface area contributed by atoms with Crippen molar-refractivity contribution in [1.82, 2.24) is 29.5 Å². The summed E-state index contributed by atoms with van der Waals surface area (Å²) in [6.07, 6.45) is 7.69. The molecule has 0 bridgehead atoms. The third-order valence-corrected chi connectivity index (χ3v) is 4.16. The molecule has 7 heteroatoms. The number of hydrogen-bond donors (Lipinski definition) is 0. The minimum absolute atomic E-state index is 0.0335. The van der Waals surface area contributed by atoms with E-state index in [2.05, 4.69) is 20.1 Å². The quantitative estimate of drug-likeness (QED) is 0.716. The highest BCUT2D eigenvalue weighted by Gasteiger charge is 2.31. The predicted molar refractivity (Wildman–Crippen MR) is 83.0 cm³/mol. The Hall–Kier alpha value is -2.83. The monoisotopic (exact) mass is 308 g/mol. The summed E-state index contributed by atoms with van der Waals surface area (Å²) in [5.41, 5.74) is 2.08. The van der Waals surface area contributed by atoms with Gasteiger partial charge in [0, 0.05) is 43.3 Å². The Morgan fingerprint density at radius 3 is 3.09 bits per heavy atom. The molecule has 3 aromatic heterocycles. The van der Waals surface area contributed by atoms with Crippen LogP contribution in [0.2, 0.25) is 0 Å². The van der Waals surface area contributed by atoms with Gasteiger partial charge in [0.05, 0.1) is 6.20 Å². The lowest BCUT2D eigenvalue weighted by molar-refractivity contribution is 0.0792. The average Bonchev–Trinajstić information content (AvgIpc) is 3.22. The molecular formula is C16H16N6O. The summed E-state index contributed by atoms with van der Waals surface area (Å²) in [5, 5.41) is 4.18. The molecule has 0 unspecified atom stereocenters. The molecule has 0 aliphatic carbocycles. The number of fused-ring (bicyclic) bond motifs is 1. The first kappa shape index (κ1) is 13.8. The molecule has 1 aliphatic rings. The summed E-state index contributed by atoms with van der Waals surface area (Å²) in [4.78, 5) is 27.7. The van der Waals surface area contributed by atoms with E-state index in [1.165, 1.54) is 0 Å². The number of hydrogen-bond acceptors (Lipinski definition) is 5. The van der Waals surface area contributed by atoms with Crippen molar-refractivity contribution in [3.63, 3.8) is 0 Å². The molecule has 0 saturated carbocycles. The smallest absolute Gasteiger partial charge is 0.259 e. The van der Waals surface area contributed by atoms with Gasteiger partial charge >= 0.3 is 0 Å². The van der Waals surface area contributed by atoms with E-state index in [1.807, 2.05) is 17.9 Å². The number of carbonyl (C=O) groups excluding carboxylic acids is 1. The minimum atomic E-state index is -0.0335. The molecule has 0 radical (unpaired) electrons. The first-order chi connectivity index (χ1) is 11.2. The molecule has 0 aromatic carbocycles. The van der Waals surface area contributed by atoms with Crippen LogP contribution >= 0.6 is 0 Å². The fourth-order valence-corrected chi connectivity index (χ4v) is 2.97. The second-order valence-electron chi connectivity index (χ2n) is 5.74. The van der Waals surface area contributed by atoms with E-state index in [1.54, 1.807) is 35.4 Å². The highest BCUT2D eigenvalue weighted by Crippen LogP contribution is 2.26. The van der Waals surface area contributed by atoms with Crippen molar-refractivity contribution >= 4 is 11.6 Å². The molecule has 1 fully saturated rings. The number of likely N-dealkylation sites (tertiary alicyclic amines) is 1. The maximum Gasteiger partial charge on any atom is 0.259 e. The van der Waals surface area contributed by atoms with Crippen LogP contribution in [0.1, 0.15) is 34.2 Å². The Morgan fingerprint density at radius 1 is 1.30 bits per heavy atom. The van der Waals surface area contributed by atoms with Gasteiger partial charge in [0.2, 0.25) is 0 Å². The molecule has 23 heavy (non-hydrogen) atoms. The summed E-state index contributed by atoms with van der Waals surface area (Å²) in [7, 11) is 0. The summed E-state index contributed by atoms with van der Waals surface area (Å²) < 4.78 is 1.62. The number of aryl methyl sites for hydroxylation is 1. The standard InChI is InChI=1S/C16H16N6O/c1-11-3-6-17-14(20-11)12-4-8-21(10-12)16(23)13-9-19-22-7-2-5-18-15(13)22/h2-3,5-7,9,12H,4,8,10H2,1H3/t12-/m1/s1. The van der Waals surface area contributed by atoms with Gasteiger partial charge in [0.15, 0.2) is 5.65 Å². The van der Waals surface area contributed by atoms with E-state index in [9.17, 15) is 4.79 Å². The van der Waals surface area contributed by atoms with Crippen LogP contribution in [0.4, 0.5) is 0 Å². The predicted octanol–water partition coefficient (Wildman–Crippen LogP) is 1.46. The Labute approximate surface area is 133 Å². The van der Waals surface area contributed by atoms with Crippen molar-refractivity contribution in [1.29, 1.82) is 0 Å². The molecule has 0 spiro atoms. The van der Waals surface area contributed by atoms with Crippen LogP contribution in [0.3, 0.4) is 0 Å². The fraction of sp³-hybridized carbons (Fsp3) is 0.312. The lowest BCUT2D eigenvalue weighted by Gasteiger charge is -2.15. The van der Waals surface area contributed by atoms with Crippen LogP contribution in [0, 0.1) is 6.92 Å². The maximum atomic E-state index is 12.8. The molecule has 116 valence electrons. The first-order valence-corrected chi connectivity index (χ1v) is 7.59. The summed E-state index contributed by atoms with van der Waals surface area (Å²) in [6.45, 7) is 3.28. The van der Waals surface area contributed by atoms with Crippen LogP contribution < -0.4 is 0 Å². The Bertz CT molecular complexity index is 874.